The Kier molecular flexibility index (Phi) is 5.08. The smallest absolute Gasteiger partial charge is 0.313 e. The standard InChI is InChI=1S/C15H16N4O4/c1-10-4-6-12(19(20)21)15(17-10)18-16-9-11-5-7-13(22-2)14(8-11)23-3/h4-9H,1-3H3,(H,17,18)/b16-9-. The van der Waals surface area contributed by atoms with Crippen molar-refractivity contribution >= 4 is 17.7 Å². The number of nitro groups is 1. The van der Waals surface area contributed by atoms with Gasteiger partial charge in [-0.25, -0.2) is 4.98 Å². The van der Waals surface area contributed by atoms with Gasteiger partial charge in [-0.05, 0) is 36.8 Å². The number of aryl methyl sites for hydroxylation is 1. The number of hydrazone groups is 1. The molecule has 0 saturated carbocycles. The van der Waals surface area contributed by atoms with Crippen LogP contribution in [0.3, 0.4) is 0 Å². The van der Waals surface area contributed by atoms with Gasteiger partial charge in [-0.15, -0.1) is 0 Å². The second-order valence-corrected chi connectivity index (χ2v) is 4.56. The van der Waals surface area contributed by atoms with E-state index in [2.05, 4.69) is 15.5 Å². The Balaban J connectivity index is 2.19. The van der Waals surface area contributed by atoms with Gasteiger partial charge in [0.2, 0.25) is 5.82 Å². The summed E-state index contributed by atoms with van der Waals surface area (Å²) in [6.45, 7) is 1.74. The van der Waals surface area contributed by atoms with Crippen LogP contribution in [0.1, 0.15) is 11.3 Å². The second-order valence-electron chi connectivity index (χ2n) is 4.56. The average molecular weight is 316 g/mol. The molecule has 0 amide bonds. The van der Waals surface area contributed by atoms with Crippen LogP contribution in [0.25, 0.3) is 0 Å². The van der Waals surface area contributed by atoms with Crippen molar-refractivity contribution in [3.8, 4) is 11.5 Å². The molecule has 0 unspecified atom stereocenters. The van der Waals surface area contributed by atoms with Crippen molar-refractivity contribution in [2.75, 3.05) is 19.6 Å². The molecule has 23 heavy (non-hydrogen) atoms. The van der Waals surface area contributed by atoms with Crippen LogP contribution in [0, 0.1) is 17.0 Å². The molecule has 0 radical (unpaired) electrons. The summed E-state index contributed by atoms with van der Waals surface area (Å²) in [6, 6.07) is 8.22. The molecular weight excluding hydrogens is 300 g/mol. The van der Waals surface area contributed by atoms with Crippen molar-refractivity contribution in [3.63, 3.8) is 0 Å². The van der Waals surface area contributed by atoms with Crippen molar-refractivity contribution in [2.45, 2.75) is 6.92 Å². The van der Waals surface area contributed by atoms with E-state index in [1.54, 1.807) is 38.3 Å². The first kappa shape index (κ1) is 16.2. The molecule has 1 heterocycles. The van der Waals surface area contributed by atoms with Crippen molar-refractivity contribution in [1.29, 1.82) is 0 Å². The van der Waals surface area contributed by atoms with E-state index in [0.29, 0.717) is 17.2 Å². The van der Waals surface area contributed by atoms with Gasteiger partial charge < -0.3 is 9.47 Å². The van der Waals surface area contributed by atoms with Crippen LogP contribution < -0.4 is 14.9 Å². The molecule has 0 fully saturated rings. The lowest BCUT2D eigenvalue weighted by molar-refractivity contribution is -0.384. The molecule has 0 aliphatic carbocycles. The topological polar surface area (TPSA) is 98.9 Å². The normalized spacial score (nSPS) is 10.6. The summed E-state index contributed by atoms with van der Waals surface area (Å²) in [5.74, 6) is 1.26. The van der Waals surface area contributed by atoms with Gasteiger partial charge >= 0.3 is 5.69 Å². The quantitative estimate of drug-likeness (QED) is 0.500. The third-order valence-corrected chi connectivity index (χ3v) is 3.00. The fraction of sp³-hybridized carbons (Fsp3) is 0.200. The minimum atomic E-state index is -0.513. The zero-order chi connectivity index (χ0) is 16.8. The van der Waals surface area contributed by atoms with Crippen LogP contribution in [-0.2, 0) is 0 Å². The zero-order valence-corrected chi connectivity index (χ0v) is 12.9. The van der Waals surface area contributed by atoms with Crippen molar-refractivity contribution in [1.82, 2.24) is 4.98 Å². The predicted octanol–water partition coefficient (Wildman–Crippen LogP) is 2.76. The Hall–Kier alpha value is -3.16. The maximum absolute atomic E-state index is 11.0. The van der Waals surface area contributed by atoms with Crippen LogP contribution in [0.4, 0.5) is 11.5 Å². The summed E-state index contributed by atoms with van der Waals surface area (Å²) in [5.41, 5.74) is 3.85. The number of hydrogen-bond donors (Lipinski definition) is 1. The number of hydrogen-bond acceptors (Lipinski definition) is 7. The highest BCUT2D eigenvalue weighted by atomic mass is 16.6. The van der Waals surface area contributed by atoms with Gasteiger partial charge in [0.15, 0.2) is 11.5 Å². The Morgan fingerprint density at radius 3 is 2.61 bits per heavy atom. The van der Waals surface area contributed by atoms with E-state index in [1.807, 2.05) is 0 Å². The summed E-state index contributed by atoms with van der Waals surface area (Å²) in [6.07, 6.45) is 1.51. The van der Waals surface area contributed by atoms with Crippen molar-refractivity contribution in [3.05, 3.63) is 51.7 Å². The summed E-state index contributed by atoms with van der Waals surface area (Å²) >= 11 is 0. The van der Waals surface area contributed by atoms with Gasteiger partial charge in [0.05, 0.1) is 25.4 Å². The molecule has 2 aromatic rings. The van der Waals surface area contributed by atoms with E-state index >= 15 is 0 Å². The lowest BCUT2D eigenvalue weighted by Crippen LogP contribution is -2.00. The van der Waals surface area contributed by atoms with Crippen LogP contribution in [0.2, 0.25) is 0 Å². The minimum absolute atomic E-state index is 0.0896. The molecule has 0 spiro atoms. The highest BCUT2D eigenvalue weighted by Crippen LogP contribution is 2.27. The van der Waals surface area contributed by atoms with E-state index in [9.17, 15) is 10.1 Å². The van der Waals surface area contributed by atoms with Gasteiger partial charge in [-0.3, -0.25) is 15.5 Å². The van der Waals surface area contributed by atoms with E-state index in [1.165, 1.54) is 19.4 Å². The maximum Gasteiger partial charge on any atom is 0.313 e. The third kappa shape index (κ3) is 3.94. The number of methoxy groups -OCH3 is 2. The van der Waals surface area contributed by atoms with Crippen molar-refractivity contribution < 1.29 is 14.4 Å². The lowest BCUT2D eigenvalue weighted by Gasteiger charge is -2.07. The minimum Gasteiger partial charge on any atom is -0.493 e. The fourth-order valence-corrected chi connectivity index (χ4v) is 1.88. The molecular formula is C15H16N4O4. The van der Waals surface area contributed by atoms with E-state index in [4.69, 9.17) is 9.47 Å². The number of nitrogens with one attached hydrogen (secondary N) is 1. The number of rotatable bonds is 6. The van der Waals surface area contributed by atoms with E-state index in [-0.39, 0.29) is 11.5 Å². The predicted molar refractivity (Wildman–Crippen MR) is 86.4 cm³/mol. The maximum atomic E-state index is 11.0. The number of nitrogens with zero attached hydrogens (tertiary/aromatic N) is 3. The number of anilines is 1. The number of ether oxygens (including phenoxy) is 2. The first-order valence-electron chi connectivity index (χ1n) is 6.68. The van der Waals surface area contributed by atoms with Crippen LogP contribution in [0.15, 0.2) is 35.4 Å². The van der Waals surface area contributed by atoms with Gasteiger partial charge in [0, 0.05) is 11.8 Å². The van der Waals surface area contributed by atoms with Crippen LogP contribution in [-0.4, -0.2) is 30.3 Å². The lowest BCUT2D eigenvalue weighted by atomic mass is 10.2. The fourth-order valence-electron chi connectivity index (χ4n) is 1.88. The van der Waals surface area contributed by atoms with Crippen molar-refractivity contribution in [2.24, 2.45) is 5.10 Å². The van der Waals surface area contributed by atoms with E-state index < -0.39 is 4.92 Å². The Morgan fingerprint density at radius 2 is 1.96 bits per heavy atom. The molecule has 0 aliphatic heterocycles. The Morgan fingerprint density at radius 1 is 1.22 bits per heavy atom. The average Bonchev–Trinajstić information content (AvgIpc) is 2.54. The van der Waals surface area contributed by atoms with Gasteiger partial charge in [0.25, 0.3) is 0 Å². The van der Waals surface area contributed by atoms with Gasteiger partial charge in [-0.1, -0.05) is 0 Å². The summed E-state index contributed by atoms with van der Waals surface area (Å²) in [7, 11) is 3.09. The monoisotopic (exact) mass is 316 g/mol. The molecule has 1 N–H and O–H groups in total. The van der Waals surface area contributed by atoms with Gasteiger partial charge in [0.1, 0.15) is 0 Å². The highest BCUT2D eigenvalue weighted by Gasteiger charge is 2.14. The number of aromatic nitrogens is 1. The molecule has 2 rings (SSSR count). The van der Waals surface area contributed by atoms with Crippen LogP contribution >= 0.6 is 0 Å². The summed E-state index contributed by atoms with van der Waals surface area (Å²) < 4.78 is 10.3. The molecule has 0 saturated heterocycles. The molecule has 0 bridgehead atoms. The number of benzene rings is 1. The first-order chi connectivity index (χ1) is 11.0. The molecule has 8 heteroatoms. The zero-order valence-electron chi connectivity index (χ0n) is 12.9. The largest absolute Gasteiger partial charge is 0.493 e. The van der Waals surface area contributed by atoms with Crippen LogP contribution in [0.5, 0.6) is 11.5 Å². The molecule has 1 aromatic carbocycles. The second kappa shape index (κ2) is 7.21. The molecule has 0 atom stereocenters. The highest BCUT2D eigenvalue weighted by molar-refractivity contribution is 5.81. The SMILES string of the molecule is COc1ccc(/C=N\Nc2nc(C)ccc2[N+](=O)[O-])cc1OC. The Bertz CT molecular complexity index is 746. The summed E-state index contributed by atoms with van der Waals surface area (Å²) in [5, 5.41) is 15.0. The third-order valence-electron chi connectivity index (χ3n) is 3.00. The first-order valence-corrected chi connectivity index (χ1v) is 6.68. The molecule has 8 nitrogen and oxygen atoms in total. The number of pyridine rings is 1. The van der Waals surface area contributed by atoms with E-state index in [0.717, 1.165) is 5.56 Å². The molecule has 120 valence electrons. The Labute approximate surface area is 132 Å². The molecule has 1 aromatic heterocycles. The summed E-state index contributed by atoms with van der Waals surface area (Å²) in [4.78, 5) is 14.5. The molecule has 0 aliphatic rings. The van der Waals surface area contributed by atoms with Gasteiger partial charge in [-0.2, -0.15) is 5.10 Å².